The van der Waals surface area contributed by atoms with Crippen molar-refractivity contribution >= 4 is 27.8 Å². The van der Waals surface area contributed by atoms with Crippen molar-refractivity contribution in [2.75, 3.05) is 6.61 Å². The van der Waals surface area contributed by atoms with E-state index >= 15 is 0 Å². The van der Waals surface area contributed by atoms with Crippen LogP contribution in [-0.2, 0) is 4.79 Å². The zero-order chi connectivity index (χ0) is 16.4. The van der Waals surface area contributed by atoms with Crippen molar-refractivity contribution in [2.45, 2.75) is 20.0 Å². The maximum absolute atomic E-state index is 11.7. The molecule has 1 aromatic heterocycles. The first-order chi connectivity index (χ1) is 11.1. The summed E-state index contributed by atoms with van der Waals surface area (Å²) in [6.45, 7) is 3.64. The van der Waals surface area contributed by atoms with Gasteiger partial charge in [-0.3, -0.25) is 0 Å². The van der Waals surface area contributed by atoms with Gasteiger partial charge in [0.05, 0.1) is 17.6 Å². The number of benzene rings is 2. The summed E-state index contributed by atoms with van der Waals surface area (Å²) in [7, 11) is 0. The van der Waals surface area contributed by atoms with Crippen LogP contribution in [0.4, 0.5) is 0 Å². The van der Waals surface area contributed by atoms with Gasteiger partial charge in [-0.25, -0.2) is 9.78 Å². The Hall–Kier alpha value is -2.66. The van der Waals surface area contributed by atoms with Gasteiger partial charge >= 0.3 is 5.97 Å². The molecule has 5 nitrogen and oxygen atoms in total. The molecule has 0 spiro atoms. The van der Waals surface area contributed by atoms with E-state index in [4.69, 9.17) is 9.47 Å². The highest BCUT2D eigenvalue weighted by atomic mass is 16.6. The average molecular weight is 311 g/mol. The number of carbonyl (C=O) groups is 1. The lowest BCUT2D eigenvalue weighted by atomic mass is 10.1. The lowest BCUT2D eigenvalue weighted by Crippen LogP contribution is -2.22. The molecule has 0 amide bonds. The molecule has 0 radical (unpaired) electrons. The van der Waals surface area contributed by atoms with Crippen molar-refractivity contribution in [2.24, 2.45) is 0 Å². The zero-order valence-corrected chi connectivity index (χ0v) is 12.9. The summed E-state index contributed by atoms with van der Waals surface area (Å²) in [6.07, 6.45) is -1.20. The molecule has 0 saturated carbocycles. The Labute approximate surface area is 133 Å². The fraction of sp³-hybridized carbons (Fsp3) is 0.222. The minimum atomic E-state index is -1.20. The number of fused-ring (bicyclic) bond motifs is 2. The molecule has 3 aromatic rings. The van der Waals surface area contributed by atoms with E-state index in [1.165, 1.54) is 6.92 Å². The van der Waals surface area contributed by atoms with Crippen molar-refractivity contribution in [3.05, 3.63) is 42.5 Å². The van der Waals surface area contributed by atoms with E-state index in [1.807, 2.05) is 37.3 Å². The van der Waals surface area contributed by atoms with Crippen LogP contribution in [0.25, 0.3) is 21.8 Å². The third-order valence-corrected chi connectivity index (χ3v) is 3.45. The van der Waals surface area contributed by atoms with E-state index in [0.29, 0.717) is 12.4 Å². The molecular formula is C18H17NO4. The summed E-state index contributed by atoms with van der Waals surface area (Å²) < 4.78 is 10.9. The van der Waals surface area contributed by atoms with Gasteiger partial charge in [-0.2, -0.15) is 0 Å². The second kappa shape index (κ2) is 6.22. The highest BCUT2D eigenvalue weighted by Crippen LogP contribution is 2.36. The molecule has 1 N–H and O–H groups in total. The lowest BCUT2D eigenvalue weighted by molar-refractivity contribution is -0.142. The highest BCUT2D eigenvalue weighted by Gasteiger charge is 2.17. The van der Waals surface area contributed by atoms with Crippen molar-refractivity contribution in [3.63, 3.8) is 0 Å². The van der Waals surface area contributed by atoms with Gasteiger partial charge in [-0.15, -0.1) is 0 Å². The maximum atomic E-state index is 11.7. The number of aliphatic hydroxyl groups excluding tert-OH is 1. The lowest BCUT2D eigenvalue weighted by Gasteiger charge is -2.14. The molecule has 1 atom stereocenters. The molecule has 0 fully saturated rings. The number of rotatable bonds is 4. The first-order valence-corrected chi connectivity index (χ1v) is 7.45. The maximum Gasteiger partial charge on any atom is 0.340 e. The van der Waals surface area contributed by atoms with E-state index in [0.717, 1.165) is 21.8 Å². The number of para-hydroxylation sites is 1. The SMILES string of the molecule is CCOc1c(OC(=O)C(C)O)ccc2nc3ccccc3cc12. The van der Waals surface area contributed by atoms with E-state index in [1.54, 1.807) is 12.1 Å². The fourth-order valence-corrected chi connectivity index (χ4v) is 2.37. The van der Waals surface area contributed by atoms with E-state index in [9.17, 15) is 9.90 Å². The summed E-state index contributed by atoms with van der Waals surface area (Å²) in [6, 6.07) is 13.1. The van der Waals surface area contributed by atoms with Crippen LogP contribution in [0.15, 0.2) is 42.5 Å². The third-order valence-electron chi connectivity index (χ3n) is 3.45. The molecule has 3 rings (SSSR count). The molecule has 5 heteroatoms. The van der Waals surface area contributed by atoms with Gasteiger partial charge < -0.3 is 14.6 Å². The molecule has 2 aromatic carbocycles. The van der Waals surface area contributed by atoms with Gasteiger partial charge in [0.15, 0.2) is 11.5 Å². The Balaban J connectivity index is 2.19. The van der Waals surface area contributed by atoms with Gasteiger partial charge in [-0.1, -0.05) is 18.2 Å². The number of esters is 1. The molecule has 1 unspecified atom stereocenters. The smallest absolute Gasteiger partial charge is 0.340 e. The van der Waals surface area contributed by atoms with Gasteiger partial charge in [0, 0.05) is 10.8 Å². The Kier molecular flexibility index (Phi) is 4.12. The Bertz CT molecular complexity index is 873. The monoisotopic (exact) mass is 311 g/mol. The number of ether oxygens (including phenoxy) is 2. The topological polar surface area (TPSA) is 68.7 Å². The number of nitrogens with zero attached hydrogens (tertiary/aromatic N) is 1. The second-order valence-corrected chi connectivity index (χ2v) is 5.17. The molecular weight excluding hydrogens is 294 g/mol. The third kappa shape index (κ3) is 2.96. The summed E-state index contributed by atoms with van der Waals surface area (Å²) in [5.74, 6) is 0.0126. The quantitative estimate of drug-likeness (QED) is 0.455. The minimum Gasteiger partial charge on any atom is -0.489 e. The number of carbonyl (C=O) groups excluding carboxylic acids is 1. The van der Waals surface area contributed by atoms with Crippen molar-refractivity contribution in [3.8, 4) is 11.5 Å². The summed E-state index contributed by atoms with van der Waals surface area (Å²) in [5.41, 5.74) is 1.64. The molecule has 118 valence electrons. The molecule has 0 saturated heterocycles. The largest absolute Gasteiger partial charge is 0.489 e. The second-order valence-electron chi connectivity index (χ2n) is 5.17. The predicted molar refractivity (Wildman–Crippen MR) is 87.7 cm³/mol. The van der Waals surface area contributed by atoms with Crippen LogP contribution >= 0.6 is 0 Å². The van der Waals surface area contributed by atoms with Gasteiger partial charge in [0.25, 0.3) is 0 Å². The Morgan fingerprint density at radius 2 is 2.00 bits per heavy atom. The molecule has 0 aliphatic carbocycles. The number of aliphatic hydroxyl groups is 1. The van der Waals surface area contributed by atoms with Gasteiger partial charge in [-0.05, 0) is 38.1 Å². The number of hydrogen-bond acceptors (Lipinski definition) is 5. The molecule has 0 bridgehead atoms. The van der Waals surface area contributed by atoms with E-state index in [2.05, 4.69) is 4.98 Å². The molecule has 0 aliphatic heterocycles. The predicted octanol–water partition coefficient (Wildman–Crippen LogP) is 3.07. The first kappa shape index (κ1) is 15.2. The Morgan fingerprint density at radius 3 is 2.74 bits per heavy atom. The first-order valence-electron chi connectivity index (χ1n) is 7.45. The van der Waals surface area contributed by atoms with Crippen LogP contribution in [0.5, 0.6) is 11.5 Å². The van der Waals surface area contributed by atoms with Crippen LogP contribution in [0.3, 0.4) is 0 Å². The Morgan fingerprint density at radius 1 is 1.22 bits per heavy atom. The summed E-state index contributed by atoms with van der Waals surface area (Å²) >= 11 is 0. The van der Waals surface area contributed by atoms with Crippen molar-refractivity contribution in [1.29, 1.82) is 0 Å². The molecule has 23 heavy (non-hydrogen) atoms. The number of aromatic nitrogens is 1. The zero-order valence-electron chi connectivity index (χ0n) is 12.9. The molecule has 1 heterocycles. The molecule has 0 aliphatic rings. The van der Waals surface area contributed by atoms with Crippen LogP contribution in [0, 0.1) is 0 Å². The van der Waals surface area contributed by atoms with Crippen molar-refractivity contribution < 1.29 is 19.4 Å². The number of hydrogen-bond donors (Lipinski definition) is 1. The summed E-state index contributed by atoms with van der Waals surface area (Å²) in [4.78, 5) is 16.3. The van der Waals surface area contributed by atoms with E-state index < -0.39 is 12.1 Å². The van der Waals surface area contributed by atoms with Crippen LogP contribution in [0.1, 0.15) is 13.8 Å². The van der Waals surface area contributed by atoms with Gasteiger partial charge in [0.2, 0.25) is 0 Å². The normalized spacial score (nSPS) is 12.3. The van der Waals surface area contributed by atoms with Gasteiger partial charge in [0.1, 0.15) is 6.10 Å². The standard InChI is InChI=1S/C18H17NO4/c1-3-22-17-13-10-12-6-4-5-7-14(12)19-15(13)8-9-16(17)23-18(21)11(2)20/h4-11,20H,3H2,1-2H3. The van der Waals surface area contributed by atoms with Crippen LogP contribution in [-0.4, -0.2) is 28.8 Å². The fourth-order valence-electron chi connectivity index (χ4n) is 2.37. The summed E-state index contributed by atoms with van der Waals surface area (Å²) in [5, 5.41) is 11.1. The van der Waals surface area contributed by atoms with Crippen molar-refractivity contribution in [1.82, 2.24) is 4.98 Å². The average Bonchev–Trinajstić information content (AvgIpc) is 2.55. The highest BCUT2D eigenvalue weighted by molar-refractivity contribution is 5.97. The van der Waals surface area contributed by atoms with Crippen LogP contribution < -0.4 is 9.47 Å². The van der Waals surface area contributed by atoms with E-state index in [-0.39, 0.29) is 5.75 Å². The van der Waals surface area contributed by atoms with Crippen LogP contribution in [0.2, 0.25) is 0 Å². The minimum absolute atomic E-state index is 0.280. The number of pyridine rings is 1.